The number of Topliss-reactive ketones (excluding diaryl/α,β-unsaturated/α-hetero) is 1. The van der Waals surface area contributed by atoms with Gasteiger partial charge in [-0.25, -0.2) is 4.39 Å². The van der Waals surface area contributed by atoms with Gasteiger partial charge >= 0.3 is 0 Å². The molecule has 0 aliphatic carbocycles. The quantitative estimate of drug-likeness (QED) is 0.806. The lowest BCUT2D eigenvalue weighted by Gasteiger charge is -2.31. The van der Waals surface area contributed by atoms with Crippen molar-refractivity contribution in [2.75, 3.05) is 19.6 Å². The fourth-order valence-corrected chi connectivity index (χ4v) is 3.58. The van der Waals surface area contributed by atoms with Gasteiger partial charge in [0.15, 0.2) is 5.78 Å². The van der Waals surface area contributed by atoms with Gasteiger partial charge in [-0.1, -0.05) is 17.7 Å². The van der Waals surface area contributed by atoms with Crippen LogP contribution in [-0.4, -0.2) is 35.4 Å². The van der Waals surface area contributed by atoms with Crippen molar-refractivity contribution < 1.29 is 14.3 Å². The molecule has 132 valence electrons. The highest BCUT2D eigenvalue weighted by Crippen LogP contribution is 2.24. The van der Waals surface area contributed by atoms with E-state index in [1.807, 2.05) is 0 Å². The average molecular weight is 362 g/mol. The van der Waals surface area contributed by atoms with E-state index >= 15 is 0 Å². The number of phenols is 1. The Balaban J connectivity index is 1.52. The van der Waals surface area contributed by atoms with Gasteiger partial charge in [0.05, 0.1) is 0 Å². The van der Waals surface area contributed by atoms with Crippen molar-refractivity contribution in [3.8, 4) is 5.75 Å². The first-order chi connectivity index (χ1) is 12.0. The number of carbonyl (C=O) groups excluding carboxylic acids is 1. The van der Waals surface area contributed by atoms with Gasteiger partial charge in [-0.3, -0.25) is 4.79 Å². The van der Waals surface area contributed by atoms with Crippen LogP contribution < -0.4 is 0 Å². The van der Waals surface area contributed by atoms with Crippen LogP contribution in [-0.2, 0) is 6.42 Å². The second-order valence-electron chi connectivity index (χ2n) is 6.48. The number of phenolic OH excluding ortho intramolecular Hbond substituents is 1. The molecule has 3 rings (SSSR count). The van der Waals surface area contributed by atoms with Crippen LogP contribution in [0.25, 0.3) is 0 Å². The third kappa shape index (κ3) is 4.39. The third-order valence-corrected chi connectivity index (χ3v) is 5.20. The number of rotatable bonds is 5. The first-order valence-corrected chi connectivity index (χ1v) is 8.91. The minimum absolute atomic E-state index is 0.0119. The van der Waals surface area contributed by atoms with E-state index < -0.39 is 0 Å². The molecule has 3 nitrogen and oxygen atoms in total. The Morgan fingerprint density at radius 3 is 2.48 bits per heavy atom. The molecule has 1 aliphatic rings. The summed E-state index contributed by atoms with van der Waals surface area (Å²) in [6, 6.07) is 11.2. The Hall–Kier alpha value is -1.91. The van der Waals surface area contributed by atoms with Crippen LogP contribution in [0, 0.1) is 11.7 Å². The van der Waals surface area contributed by atoms with E-state index in [1.54, 1.807) is 36.4 Å². The standard InChI is InChI=1S/C20H21ClFNO2/c21-18-2-1-3-19(22)17(18)10-13-23-11-8-15(9-12-23)20(25)14-4-6-16(24)7-5-14/h1-7,15,24H,8-13H2. The first kappa shape index (κ1) is 17.9. The van der Waals surface area contributed by atoms with Gasteiger partial charge in [0.2, 0.25) is 0 Å². The minimum Gasteiger partial charge on any atom is -0.508 e. The highest BCUT2D eigenvalue weighted by atomic mass is 35.5. The van der Waals surface area contributed by atoms with Gasteiger partial charge in [0.1, 0.15) is 11.6 Å². The Morgan fingerprint density at radius 1 is 1.16 bits per heavy atom. The van der Waals surface area contributed by atoms with Crippen LogP contribution in [0.5, 0.6) is 5.75 Å². The lowest BCUT2D eigenvalue weighted by molar-refractivity contribution is 0.0841. The van der Waals surface area contributed by atoms with E-state index in [2.05, 4.69) is 4.90 Å². The van der Waals surface area contributed by atoms with E-state index in [9.17, 15) is 14.3 Å². The zero-order valence-corrected chi connectivity index (χ0v) is 14.7. The zero-order chi connectivity index (χ0) is 17.8. The number of hydrogen-bond acceptors (Lipinski definition) is 3. The Labute approximate surface area is 152 Å². The van der Waals surface area contributed by atoms with Gasteiger partial charge in [0, 0.05) is 28.6 Å². The molecule has 0 aromatic heterocycles. The summed E-state index contributed by atoms with van der Waals surface area (Å²) in [5.74, 6) is 0.0534. The van der Waals surface area contributed by atoms with Crippen LogP contribution >= 0.6 is 11.6 Å². The Kier molecular flexibility index (Phi) is 5.71. The topological polar surface area (TPSA) is 40.5 Å². The predicted octanol–water partition coefficient (Wildman–Crippen LogP) is 4.32. The highest BCUT2D eigenvalue weighted by molar-refractivity contribution is 6.31. The smallest absolute Gasteiger partial charge is 0.166 e. The molecule has 1 saturated heterocycles. The van der Waals surface area contributed by atoms with Crippen molar-refractivity contribution in [1.29, 1.82) is 0 Å². The molecule has 0 atom stereocenters. The van der Waals surface area contributed by atoms with Crippen molar-refractivity contribution >= 4 is 17.4 Å². The molecule has 1 N–H and O–H groups in total. The molecule has 1 aliphatic heterocycles. The second kappa shape index (κ2) is 7.98. The summed E-state index contributed by atoms with van der Waals surface area (Å²) < 4.78 is 13.8. The molecular weight excluding hydrogens is 341 g/mol. The summed E-state index contributed by atoms with van der Waals surface area (Å²) in [7, 11) is 0. The molecule has 0 radical (unpaired) electrons. The molecule has 25 heavy (non-hydrogen) atoms. The molecule has 0 spiro atoms. The van der Waals surface area contributed by atoms with Crippen LogP contribution in [0.15, 0.2) is 42.5 Å². The van der Waals surface area contributed by atoms with Gasteiger partial charge in [0.25, 0.3) is 0 Å². The summed E-state index contributed by atoms with van der Waals surface area (Å²) in [5, 5.41) is 9.79. The lowest BCUT2D eigenvalue weighted by atomic mass is 9.88. The molecule has 0 bridgehead atoms. The monoisotopic (exact) mass is 361 g/mol. The highest BCUT2D eigenvalue weighted by Gasteiger charge is 2.25. The van der Waals surface area contributed by atoms with Gasteiger partial charge < -0.3 is 10.0 Å². The maximum atomic E-state index is 13.8. The van der Waals surface area contributed by atoms with Crippen LogP contribution in [0.1, 0.15) is 28.8 Å². The summed E-state index contributed by atoms with van der Waals surface area (Å²) in [6.07, 6.45) is 2.16. The number of benzene rings is 2. The fraction of sp³-hybridized carbons (Fsp3) is 0.350. The number of nitrogens with zero attached hydrogens (tertiary/aromatic N) is 1. The van der Waals surface area contributed by atoms with Crippen molar-refractivity contribution in [1.82, 2.24) is 4.90 Å². The van der Waals surface area contributed by atoms with Crippen LogP contribution in [0.2, 0.25) is 5.02 Å². The SMILES string of the molecule is O=C(c1ccc(O)cc1)C1CCN(CCc2c(F)cccc2Cl)CC1. The maximum absolute atomic E-state index is 13.8. The summed E-state index contributed by atoms with van der Waals surface area (Å²) in [6.45, 7) is 2.38. The normalized spacial score (nSPS) is 16.1. The third-order valence-electron chi connectivity index (χ3n) is 4.85. The van der Waals surface area contributed by atoms with Crippen LogP contribution in [0.3, 0.4) is 0 Å². The molecule has 0 unspecified atom stereocenters. The van der Waals surface area contributed by atoms with Gasteiger partial charge in [-0.15, -0.1) is 0 Å². The Bertz CT molecular complexity index is 720. The molecule has 1 fully saturated rings. The number of halogens is 2. The first-order valence-electron chi connectivity index (χ1n) is 8.53. The molecule has 0 amide bonds. The molecule has 2 aromatic carbocycles. The number of piperidine rings is 1. The number of hydrogen-bond donors (Lipinski definition) is 1. The summed E-state index contributed by atoms with van der Waals surface area (Å²) >= 11 is 6.07. The van der Waals surface area contributed by atoms with Crippen LogP contribution in [0.4, 0.5) is 4.39 Å². The van der Waals surface area contributed by atoms with E-state index in [1.165, 1.54) is 6.07 Å². The molecule has 1 heterocycles. The summed E-state index contributed by atoms with van der Waals surface area (Å²) in [4.78, 5) is 14.8. The molecular formula is C20H21ClFNO2. The molecule has 0 saturated carbocycles. The summed E-state index contributed by atoms with van der Waals surface area (Å²) in [5.41, 5.74) is 1.21. The van der Waals surface area contributed by atoms with Crippen molar-refractivity contribution in [2.24, 2.45) is 5.92 Å². The average Bonchev–Trinajstić information content (AvgIpc) is 2.62. The number of ketones is 1. The number of likely N-dealkylation sites (tertiary alicyclic amines) is 1. The molecule has 2 aromatic rings. The predicted molar refractivity (Wildman–Crippen MR) is 96.7 cm³/mol. The maximum Gasteiger partial charge on any atom is 0.166 e. The van der Waals surface area contributed by atoms with Crippen molar-refractivity contribution in [3.05, 3.63) is 64.4 Å². The van der Waals surface area contributed by atoms with E-state index in [-0.39, 0.29) is 23.3 Å². The van der Waals surface area contributed by atoms with E-state index in [0.29, 0.717) is 22.6 Å². The number of carbonyl (C=O) groups is 1. The zero-order valence-electron chi connectivity index (χ0n) is 13.9. The largest absolute Gasteiger partial charge is 0.508 e. The Morgan fingerprint density at radius 2 is 1.84 bits per heavy atom. The van der Waals surface area contributed by atoms with E-state index in [4.69, 9.17) is 11.6 Å². The second-order valence-corrected chi connectivity index (χ2v) is 6.88. The van der Waals surface area contributed by atoms with E-state index in [0.717, 1.165) is 32.5 Å². The van der Waals surface area contributed by atoms with Gasteiger partial charge in [-0.05, 0) is 68.8 Å². The van der Waals surface area contributed by atoms with Crippen molar-refractivity contribution in [2.45, 2.75) is 19.3 Å². The molecule has 5 heteroatoms. The van der Waals surface area contributed by atoms with Gasteiger partial charge in [-0.2, -0.15) is 0 Å². The van der Waals surface area contributed by atoms with Crippen molar-refractivity contribution in [3.63, 3.8) is 0 Å². The minimum atomic E-state index is -0.259. The number of aromatic hydroxyl groups is 1. The fourth-order valence-electron chi connectivity index (χ4n) is 3.32. The lowest BCUT2D eigenvalue weighted by Crippen LogP contribution is -2.37.